The van der Waals surface area contributed by atoms with E-state index >= 15 is 0 Å². The summed E-state index contributed by atoms with van der Waals surface area (Å²) in [5.74, 6) is 1.56. The fraction of sp³-hybridized carbons (Fsp3) is 0.429. The number of benzene rings is 1. The number of rotatable bonds is 3. The molecular formula is C14H18N4. The molecule has 1 N–H and O–H groups in total. The van der Waals surface area contributed by atoms with Gasteiger partial charge in [0.05, 0.1) is 0 Å². The Kier molecular flexibility index (Phi) is 2.78. The van der Waals surface area contributed by atoms with Gasteiger partial charge in [-0.3, -0.25) is 0 Å². The molecular weight excluding hydrogens is 224 g/mol. The first-order valence-corrected chi connectivity index (χ1v) is 6.49. The van der Waals surface area contributed by atoms with Crippen LogP contribution in [0.25, 0.3) is 11.4 Å². The van der Waals surface area contributed by atoms with Gasteiger partial charge in [-0.25, -0.2) is 0 Å². The molecule has 0 saturated heterocycles. The molecule has 2 aromatic rings. The van der Waals surface area contributed by atoms with Crippen LogP contribution in [-0.4, -0.2) is 21.3 Å². The van der Waals surface area contributed by atoms with Gasteiger partial charge in [0.25, 0.3) is 0 Å². The van der Waals surface area contributed by atoms with Gasteiger partial charge in [0.15, 0.2) is 5.82 Å². The second kappa shape index (κ2) is 4.44. The molecule has 1 aliphatic heterocycles. The average Bonchev–Trinajstić information content (AvgIpc) is 2.95. The molecule has 0 aliphatic carbocycles. The molecule has 0 saturated carbocycles. The zero-order valence-electron chi connectivity index (χ0n) is 10.8. The van der Waals surface area contributed by atoms with Crippen molar-refractivity contribution in [1.29, 1.82) is 0 Å². The molecule has 0 atom stereocenters. The zero-order chi connectivity index (χ0) is 12.5. The summed E-state index contributed by atoms with van der Waals surface area (Å²) in [6.45, 7) is 6.40. The summed E-state index contributed by atoms with van der Waals surface area (Å²) in [6.07, 6.45) is 2.92. The molecule has 2 heterocycles. The molecule has 3 rings (SSSR count). The van der Waals surface area contributed by atoms with E-state index < -0.39 is 0 Å². The van der Waals surface area contributed by atoms with E-state index in [4.69, 9.17) is 0 Å². The monoisotopic (exact) mass is 242 g/mol. The number of nitrogens with zero attached hydrogens (tertiary/aromatic N) is 3. The van der Waals surface area contributed by atoms with Gasteiger partial charge in [-0.2, -0.15) is 0 Å². The molecule has 1 aliphatic rings. The standard InChI is InChI=1S/C14H18N4/c1-10(2)8-18-9-16-17-14(18)12-3-4-13-11(7-12)5-6-15-13/h3-4,7,9-10,15H,5-6,8H2,1-2H3. The summed E-state index contributed by atoms with van der Waals surface area (Å²) in [5.41, 5.74) is 3.80. The molecule has 4 nitrogen and oxygen atoms in total. The second-order valence-corrected chi connectivity index (χ2v) is 5.25. The second-order valence-electron chi connectivity index (χ2n) is 5.25. The minimum atomic E-state index is 0.593. The van der Waals surface area contributed by atoms with Gasteiger partial charge in [-0.05, 0) is 36.1 Å². The Morgan fingerprint density at radius 1 is 1.39 bits per heavy atom. The number of aromatic nitrogens is 3. The van der Waals surface area contributed by atoms with Crippen LogP contribution in [0.5, 0.6) is 0 Å². The summed E-state index contributed by atoms with van der Waals surface area (Å²) >= 11 is 0. The maximum absolute atomic E-state index is 4.26. The van der Waals surface area contributed by atoms with E-state index in [0.717, 1.165) is 30.9 Å². The van der Waals surface area contributed by atoms with Crippen LogP contribution >= 0.6 is 0 Å². The fourth-order valence-corrected chi connectivity index (χ4v) is 2.45. The van der Waals surface area contributed by atoms with Crippen molar-refractivity contribution in [2.24, 2.45) is 5.92 Å². The number of hydrogen-bond donors (Lipinski definition) is 1. The quantitative estimate of drug-likeness (QED) is 0.899. The molecule has 0 amide bonds. The summed E-state index contributed by atoms with van der Waals surface area (Å²) in [4.78, 5) is 0. The summed E-state index contributed by atoms with van der Waals surface area (Å²) in [7, 11) is 0. The summed E-state index contributed by atoms with van der Waals surface area (Å²) < 4.78 is 2.13. The third kappa shape index (κ3) is 1.98. The highest BCUT2D eigenvalue weighted by Gasteiger charge is 2.14. The molecule has 18 heavy (non-hydrogen) atoms. The van der Waals surface area contributed by atoms with Crippen molar-refractivity contribution in [1.82, 2.24) is 14.8 Å². The molecule has 1 aromatic carbocycles. The van der Waals surface area contributed by atoms with Gasteiger partial charge in [-0.15, -0.1) is 10.2 Å². The SMILES string of the molecule is CC(C)Cn1cnnc1-c1ccc2c(c1)CCN2. The zero-order valence-corrected chi connectivity index (χ0v) is 10.8. The van der Waals surface area contributed by atoms with Gasteiger partial charge in [0, 0.05) is 24.3 Å². The third-order valence-electron chi connectivity index (χ3n) is 3.25. The summed E-state index contributed by atoms with van der Waals surface area (Å²) in [6, 6.07) is 6.50. The maximum Gasteiger partial charge on any atom is 0.163 e. The van der Waals surface area contributed by atoms with E-state index in [1.807, 2.05) is 6.33 Å². The van der Waals surface area contributed by atoms with Crippen LogP contribution in [0.4, 0.5) is 5.69 Å². The van der Waals surface area contributed by atoms with E-state index in [1.165, 1.54) is 11.3 Å². The Morgan fingerprint density at radius 2 is 2.28 bits per heavy atom. The van der Waals surface area contributed by atoms with Crippen molar-refractivity contribution in [3.63, 3.8) is 0 Å². The summed E-state index contributed by atoms with van der Waals surface area (Å²) in [5, 5.41) is 11.7. The van der Waals surface area contributed by atoms with Crippen LogP contribution in [0.2, 0.25) is 0 Å². The predicted octanol–water partition coefficient (Wildman–Crippen LogP) is 2.57. The van der Waals surface area contributed by atoms with Crippen molar-refractivity contribution in [2.45, 2.75) is 26.8 Å². The normalized spacial score (nSPS) is 13.7. The Hall–Kier alpha value is -1.84. The molecule has 0 unspecified atom stereocenters. The largest absolute Gasteiger partial charge is 0.384 e. The molecule has 4 heteroatoms. The number of anilines is 1. The first-order valence-electron chi connectivity index (χ1n) is 6.49. The lowest BCUT2D eigenvalue weighted by Gasteiger charge is -2.10. The first kappa shape index (κ1) is 11.3. The minimum absolute atomic E-state index is 0.593. The van der Waals surface area contributed by atoms with E-state index in [0.29, 0.717) is 5.92 Å². The van der Waals surface area contributed by atoms with Crippen molar-refractivity contribution in [2.75, 3.05) is 11.9 Å². The van der Waals surface area contributed by atoms with Crippen LogP contribution in [0.3, 0.4) is 0 Å². The lowest BCUT2D eigenvalue weighted by molar-refractivity contribution is 0.525. The van der Waals surface area contributed by atoms with Gasteiger partial charge in [-0.1, -0.05) is 13.8 Å². The average molecular weight is 242 g/mol. The molecule has 0 bridgehead atoms. The lowest BCUT2D eigenvalue weighted by atomic mass is 10.1. The predicted molar refractivity (Wildman–Crippen MR) is 72.5 cm³/mol. The van der Waals surface area contributed by atoms with Gasteiger partial charge in [0.1, 0.15) is 6.33 Å². The molecule has 0 spiro atoms. The van der Waals surface area contributed by atoms with Gasteiger partial charge >= 0.3 is 0 Å². The Bertz CT molecular complexity index is 557. The highest BCUT2D eigenvalue weighted by Crippen LogP contribution is 2.27. The highest BCUT2D eigenvalue weighted by molar-refractivity contribution is 5.65. The van der Waals surface area contributed by atoms with E-state index in [2.05, 4.69) is 52.1 Å². The Balaban J connectivity index is 1.97. The van der Waals surface area contributed by atoms with Crippen molar-refractivity contribution >= 4 is 5.69 Å². The van der Waals surface area contributed by atoms with E-state index in [1.54, 1.807) is 0 Å². The van der Waals surface area contributed by atoms with Crippen molar-refractivity contribution < 1.29 is 0 Å². The molecule has 94 valence electrons. The maximum atomic E-state index is 4.26. The Morgan fingerprint density at radius 3 is 3.11 bits per heavy atom. The van der Waals surface area contributed by atoms with Gasteiger partial charge in [0.2, 0.25) is 0 Å². The van der Waals surface area contributed by atoms with E-state index in [-0.39, 0.29) is 0 Å². The molecule has 0 fully saturated rings. The third-order valence-corrected chi connectivity index (χ3v) is 3.25. The number of fused-ring (bicyclic) bond motifs is 1. The van der Waals surface area contributed by atoms with Crippen LogP contribution < -0.4 is 5.32 Å². The van der Waals surface area contributed by atoms with E-state index in [9.17, 15) is 0 Å². The minimum Gasteiger partial charge on any atom is -0.384 e. The molecule has 0 radical (unpaired) electrons. The van der Waals surface area contributed by atoms with Gasteiger partial charge < -0.3 is 9.88 Å². The Labute approximate surface area is 107 Å². The van der Waals surface area contributed by atoms with Crippen LogP contribution in [0.15, 0.2) is 24.5 Å². The van der Waals surface area contributed by atoms with Crippen LogP contribution in [-0.2, 0) is 13.0 Å². The first-order chi connectivity index (χ1) is 8.74. The van der Waals surface area contributed by atoms with Crippen LogP contribution in [0.1, 0.15) is 19.4 Å². The topological polar surface area (TPSA) is 42.7 Å². The van der Waals surface area contributed by atoms with Crippen molar-refractivity contribution in [3.05, 3.63) is 30.1 Å². The van der Waals surface area contributed by atoms with Crippen LogP contribution in [0, 0.1) is 5.92 Å². The molecule has 1 aromatic heterocycles. The lowest BCUT2D eigenvalue weighted by Crippen LogP contribution is -2.05. The highest BCUT2D eigenvalue weighted by atomic mass is 15.3. The smallest absolute Gasteiger partial charge is 0.163 e. The number of hydrogen-bond acceptors (Lipinski definition) is 3. The number of nitrogens with one attached hydrogen (secondary N) is 1. The van der Waals surface area contributed by atoms with Crippen molar-refractivity contribution in [3.8, 4) is 11.4 Å². The fourth-order valence-electron chi connectivity index (χ4n) is 2.45.